The molecule has 1 aliphatic heterocycles. The van der Waals surface area contributed by atoms with Gasteiger partial charge in [0, 0.05) is 22.7 Å². The largest absolute Gasteiger partial charge is 0.383 e. The van der Waals surface area contributed by atoms with Crippen molar-refractivity contribution < 1.29 is 9.32 Å². The van der Waals surface area contributed by atoms with Gasteiger partial charge in [-0.15, -0.1) is 0 Å². The van der Waals surface area contributed by atoms with Gasteiger partial charge in [0.25, 0.3) is 0 Å². The third-order valence-electron chi connectivity index (χ3n) is 8.05. The predicted octanol–water partition coefficient (Wildman–Crippen LogP) is 6.19. The second kappa shape index (κ2) is 11.5. The van der Waals surface area contributed by atoms with Crippen LogP contribution in [0.2, 0.25) is 0 Å². The number of fused-ring (bicyclic) bond motifs is 1. The molecule has 0 spiro atoms. The van der Waals surface area contributed by atoms with Gasteiger partial charge in [-0.3, -0.25) is 5.32 Å². The number of nitrogens with two attached hydrogens (primary N) is 1. The van der Waals surface area contributed by atoms with E-state index in [-0.39, 0.29) is 5.41 Å². The Bertz CT molecular complexity index is 1730. The lowest BCUT2D eigenvalue weighted by molar-refractivity contribution is 0.222. The van der Waals surface area contributed by atoms with E-state index in [1.165, 1.54) is 24.7 Å². The average molecular weight is 580 g/mol. The highest BCUT2D eigenvalue weighted by Gasteiger charge is 2.22. The first kappa shape index (κ1) is 28.4. The van der Waals surface area contributed by atoms with Gasteiger partial charge in [-0.25, -0.2) is 19.4 Å². The van der Waals surface area contributed by atoms with Gasteiger partial charge < -0.3 is 20.5 Å². The van der Waals surface area contributed by atoms with Gasteiger partial charge in [0.1, 0.15) is 23.6 Å². The van der Waals surface area contributed by atoms with Crippen molar-refractivity contribution in [1.29, 1.82) is 0 Å². The third-order valence-corrected chi connectivity index (χ3v) is 8.05. The number of nitrogen functional groups attached to an aromatic ring is 1. The number of urea groups is 1. The van der Waals surface area contributed by atoms with Crippen molar-refractivity contribution >= 4 is 34.4 Å². The molecule has 4 heterocycles. The molecule has 11 nitrogen and oxygen atoms in total. The molecule has 6 rings (SSSR count). The quantitative estimate of drug-likeness (QED) is 0.216. The first-order chi connectivity index (χ1) is 20.7. The lowest BCUT2D eigenvalue weighted by Crippen LogP contribution is -2.32. The van der Waals surface area contributed by atoms with E-state index in [9.17, 15) is 4.79 Å². The molecule has 1 saturated heterocycles. The fraction of sp³-hybridized carbons (Fsp3) is 0.344. The summed E-state index contributed by atoms with van der Waals surface area (Å²) in [5.41, 5.74) is 11.2. The number of anilines is 3. The number of aromatic nitrogens is 5. The van der Waals surface area contributed by atoms with E-state index in [0.29, 0.717) is 40.0 Å². The minimum atomic E-state index is -0.423. The predicted molar refractivity (Wildman–Crippen MR) is 168 cm³/mol. The Morgan fingerprint density at radius 3 is 2.40 bits per heavy atom. The van der Waals surface area contributed by atoms with Crippen molar-refractivity contribution in [3.63, 3.8) is 0 Å². The van der Waals surface area contributed by atoms with Crippen molar-refractivity contribution in [1.82, 2.24) is 29.8 Å². The molecular formula is C32H37N9O2. The normalized spacial score (nSPS) is 14.7. The number of amides is 2. The smallest absolute Gasteiger partial charge is 0.324 e. The van der Waals surface area contributed by atoms with Crippen LogP contribution in [0.15, 0.2) is 65.4 Å². The van der Waals surface area contributed by atoms with Crippen LogP contribution in [0.25, 0.3) is 28.0 Å². The number of piperidine rings is 1. The summed E-state index contributed by atoms with van der Waals surface area (Å²) in [5.74, 6) is 1.98. The fourth-order valence-electron chi connectivity index (χ4n) is 5.50. The van der Waals surface area contributed by atoms with Crippen molar-refractivity contribution in [2.75, 3.05) is 36.0 Å². The summed E-state index contributed by atoms with van der Waals surface area (Å²) >= 11 is 0. The van der Waals surface area contributed by atoms with Crippen LogP contribution >= 0.6 is 0 Å². The topological polar surface area (TPSA) is 140 Å². The van der Waals surface area contributed by atoms with Crippen LogP contribution < -0.4 is 16.4 Å². The number of nitrogens with one attached hydrogen (secondary N) is 2. The Labute approximate surface area is 250 Å². The van der Waals surface area contributed by atoms with E-state index in [2.05, 4.69) is 61.8 Å². The lowest BCUT2D eigenvalue weighted by atomic mass is 9.89. The molecular weight excluding hydrogens is 542 g/mol. The number of carbonyl (C=O) groups is 1. The van der Waals surface area contributed by atoms with Gasteiger partial charge in [0.05, 0.1) is 11.1 Å². The molecule has 1 aliphatic rings. The Hall–Kier alpha value is -4.77. The van der Waals surface area contributed by atoms with Crippen molar-refractivity contribution in [3.05, 3.63) is 72.2 Å². The summed E-state index contributed by atoms with van der Waals surface area (Å²) in [6, 6.07) is 17.3. The number of nitrogens with zero attached hydrogens (tertiary/aromatic N) is 6. The summed E-state index contributed by atoms with van der Waals surface area (Å²) in [7, 11) is 0. The summed E-state index contributed by atoms with van der Waals surface area (Å²) in [4.78, 5) is 23.8. The summed E-state index contributed by atoms with van der Waals surface area (Å²) in [5, 5.41) is 15.1. The molecule has 0 atom stereocenters. The van der Waals surface area contributed by atoms with E-state index < -0.39 is 6.03 Å². The molecule has 4 N–H and O–H groups in total. The Kier molecular flexibility index (Phi) is 7.57. The van der Waals surface area contributed by atoms with E-state index in [1.807, 2.05) is 32.9 Å². The number of carbonyl (C=O) groups excluding carboxylic acids is 1. The van der Waals surface area contributed by atoms with Gasteiger partial charge in [-0.2, -0.15) is 5.10 Å². The van der Waals surface area contributed by atoms with Gasteiger partial charge in [-0.05, 0) is 68.2 Å². The molecule has 1 fully saturated rings. The SMILES string of the molecule is CCN1CCC(c2ccc(-c3nn(-c4ccc(NC(=O)Nc5cc(C(C)(C)C)on5)cc4)c4ncnc(N)c34)cc2)CC1. The molecule has 222 valence electrons. The number of hydrogen-bond acceptors (Lipinski definition) is 8. The van der Waals surface area contributed by atoms with Gasteiger partial charge >= 0.3 is 6.03 Å². The summed E-state index contributed by atoms with van der Waals surface area (Å²) in [6.45, 7) is 11.7. The molecule has 0 unspecified atom stereocenters. The van der Waals surface area contributed by atoms with E-state index >= 15 is 0 Å². The first-order valence-corrected chi connectivity index (χ1v) is 14.7. The average Bonchev–Trinajstić information content (AvgIpc) is 3.64. The van der Waals surface area contributed by atoms with Crippen molar-refractivity contribution in [3.8, 4) is 16.9 Å². The maximum atomic E-state index is 12.6. The van der Waals surface area contributed by atoms with E-state index in [4.69, 9.17) is 15.4 Å². The zero-order valence-corrected chi connectivity index (χ0v) is 25.0. The number of rotatable bonds is 6. The maximum Gasteiger partial charge on any atom is 0.324 e. The summed E-state index contributed by atoms with van der Waals surface area (Å²) < 4.78 is 7.09. The van der Waals surface area contributed by atoms with Crippen molar-refractivity contribution in [2.45, 2.75) is 51.9 Å². The lowest BCUT2D eigenvalue weighted by Gasteiger charge is -2.31. The molecule has 0 saturated carbocycles. The fourth-order valence-corrected chi connectivity index (χ4v) is 5.50. The first-order valence-electron chi connectivity index (χ1n) is 14.7. The van der Waals surface area contributed by atoms with Gasteiger partial charge in [-0.1, -0.05) is 57.1 Å². The van der Waals surface area contributed by atoms with Crippen LogP contribution in [0, 0.1) is 0 Å². The molecule has 43 heavy (non-hydrogen) atoms. The molecule has 11 heteroatoms. The number of hydrogen-bond donors (Lipinski definition) is 3. The molecule has 5 aromatic rings. The molecule has 2 amide bonds. The van der Waals surface area contributed by atoms with Gasteiger partial charge in [0.15, 0.2) is 11.5 Å². The number of benzene rings is 2. The maximum absolute atomic E-state index is 12.6. The highest BCUT2D eigenvalue weighted by atomic mass is 16.5. The van der Waals surface area contributed by atoms with Gasteiger partial charge in [0.2, 0.25) is 0 Å². The van der Waals surface area contributed by atoms with Crippen LogP contribution in [-0.4, -0.2) is 55.5 Å². The Balaban J connectivity index is 1.21. The zero-order chi connectivity index (χ0) is 30.1. The zero-order valence-electron chi connectivity index (χ0n) is 25.0. The molecule has 3 aromatic heterocycles. The Morgan fingerprint density at radius 2 is 1.74 bits per heavy atom. The van der Waals surface area contributed by atoms with Crippen LogP contribution in [0.3, 0.4) is 0 Å². The van der Waals surface area contributed by atoms with Crippen LogP contribution in [0.5, 0.6) is 0 Å². The van der Waals surface area contributed by atoms with Crippen LogP contribution in [-0.2, 0) is 5.41 Å². The number of likely N-dealkylation sites (tertiary alicyclic amines) is 1. The molecule has 0 radical (unpaired) electrons. The minimum Gasteiger partial charge on any atom is -0.383 e. The minimum absolute atomic E-state index is 0.207. The van der Waals surface area contributed by atoms with Crippen LogP contribution in [0.1, 0.15) is 57.8 Å². The molecule has 0 bridgehead atoms. The van der Waals surface area contributed by atoms with E-state index in [0.717, 1.165) is 36.6 Å². The molecule has 0 aliphatic carbocycles. The highest BCUT2D eigenvalue weighted by molar-refractivity contribution is 6.00. The highest BCUT2D eigenvalue weighted by Crippen LogP contribution is 2.34. The second-order valence-corrected chi connectivity index (χ2v) is 12.0. The molecule has 2 aromatic carbocycles. The van der Waals surface area contributed by atoms with E-state index in [1.54, 1.807) is 22.9 Å². The van der Waals surface area contributed by atoms with Crippen LogP contribution in [0.4, 0.5) is 22.1 Å². The standard InChI is InChI=1S/C32H37N9O2/c1-5-40-16-14-21(15-17-40)20-6-8-22(9-7-20)28-27-29(33)34-19-35-30(27)41(38-28)24-12-10-23(11-13-24)36-31(42)37-26-18-25(43-39-26)32(2,3)4/h6-13,18-19,21H,5,14-17H2,1-4H3,(H2,33,34,35)(H2,36,37,39,42). The Morgan fingerprint density at radius 1 is 1.02 bits per heavy atom. The monoisotopic (exact) mass is 579 g/mol. The third kappa shape index (κ3) is 5.94. The second-order valence-electron chi connectivity index (χ2n) is 12.0. The summed E-state index contributed by atoms with van der Waals surface area (Å²) in [6.07, 6.45) is 3.80. The van der Waals surface area contributed by atoms with Crippen molar-refractivity contribution in [2.24, 2.45) is 0 Å².